The first-order valence-corrected chi connectivity index (χ1v) is 13.1. The molecule has 0 aliphatic heterocycles. The Labute approximate surface area is 232 Å². The van der Waals surface area contributed by atoms with E-state index in [1.54, 1.807) is 26.1 Å². The highest BCUT2D eigenvalue weighted by molar-refractivity contribution is 5.83. The molecule has 2 aromatic heterocycles. The Bertz CT molecular complexity index is 1750. The summed E-state index contributed by atoms with van der Waals surface area (Å²) < 4.78 is 14.2. The number of benzene rings is 3. The first kappa shape index (κ1) is 26.6. The van der Waals surface area contributed by atoms with Gasteiger partial charge in [-0.2, -0.15) is 9.78 Å². The molecule has 1 atom stereocenters. The van der Waals surface area contributed by atoms with Crippen molar-refractivity contribution < 1.29 is 14.3 Å². The van der Waals surface area contributed by atoms with Crippen molar-refractivity contribution in [1.82, 2.24) is 14.2 Å². The number of esters is 1. The molecule has 0 bridgehead atoms. The molecule has 0 aliphatic rings. The number of hydrogen-bond acceptors (Lipinski definition) is 6. The van der Waals surface area contributed by atoms with Crippen LogP contribution in [0.4, 0.5) is 0 Å². The van der Waals surface area contributed by atoms with E-state index in [1.807, 2.05) is 92.7 Å². The van der Waals surface area contributed by atoms with E-state index >= 15 is 0 Å². The summed E-state index contributed by atoms with van der Waals surface area (Å²) in [4.78, 5) is 30.1. The number of para-hydroxylation sites is 1. The number of aromatic nitrogens is 3. The third-order valence-electron chi connectivity index (χ3n) is 6.59. The van der Waals surface area contributed by atoms with Crippen LogP contribution in [-0.2, 0) is 9.53 Å². The number of fused-ring (bicyclic) bond motifs is 1. The van der Waals surface area contributed by atoms with Crippen LogP contribution < -0.4 is 10.3 Å². The molecule has 5 rings (SSSR count). The molecular weight excluding hydrogens is 504 g/mol. The Hall–Kier alpha value is -4.98. The van der Waals surface area contributed by atoms with E-state index in [-0.39, 0.29) is 5.56 Å². The first-order valence-electron chi connectivity index (χ1n) is 13.1. The van der Waals surface area contributed by atoms with Gasteiger partial charge in [0.25, 0.3) is 5.56 Å². The second-order valence-corrected chi connectivity index (χ2v) is 9.35. The van der Waals surface area contributed by atoms with E-state index in [4.69, 9.17) is 14.5 Å². The quantitative estimate of drug-likeness (QED) is 0.189. The molecule has 0 spiro atoms. The number of nitrogens with zero attached hydrogens (tertiary/aromatic N) is 4. The fourth-order valence-electron chi connectivity index (χ4n) is 4.63. The molecule has 0 saturated carbocycles. The van der Waals surface area contributed by atoms with Crippen LogP contribution >= 0.6 is 0 Å². The Morgan fingerprint density at radius 2 is 1.70 bits per heavy atom. The number of aryl methyl sites for hydroxylation is 1. The average molecular weight is 535 g/mol. The predicted molar refractivity (Wildman–Crippen MR) is 156 cm³/mol. The Morgan fingerprint density at radius 3 is 2.42 bits per heavy atom. The Balaban J connectivity index is 1.48. The van der Waals surface area contributed by atoms with Gasteiger partial charge in [0.05, 0.1) is 23.7 Å². The fraction of sp³-hybridized carbons (Fsp3) is 0.188. The smallest absolute Gasteiger partial charge is 0.347 e. The van der Waals surface area contributed by atoms with Gasteiger partial charge < -0.3 is 14.0 Å². The van der Waals surface area contributed by atoms with Crippen molar-refractivity contribution in [2.75, 3.05) is 6.61 Å². The fourth-order valence-corrected chi connectivity index (χ4v) is 4.63. The van der Waals surface area contributed by atoms with E-state index in [2.05, 4.69) is 9.67 Å². The third kappa shape index (κ3) is 5.29. The van der Waals surface area contributed by atoms with Crippen molar-refractivity contribution in [1.29, 1.82) is 0 Å². The lowest BCUT2D eigenvalue weighted by atomic mass is 10.2. The zero-order valence-electron chi connectivity index (χ0n) is 22.9. The zero-order valence-corrected chi connectivity index (χ0v) is 22.9. The third-order valence-corrected chi connectivity index (χ3v) is 6.59. The molecule has 0 amide bonds. The summed E-state index contributed by atoms with van der Waals surface area (Å²) in [6, 6.07) is 26.4. The first-order chi connectivity index (χ1) is 19.4. The van der Waals surface area contributed by atoms with E-state index < -0.39 is 12.1 Å². The summed E-state index contributed by atoms with van der Waals surface area (Å²) in [5, 5.41) is 5.13. The lowest BCUT2D eigenvalue weighted by Crippen LogP contribution is -2.26. The minimum absolute atomic E-state index is 0.234. The molecule has 0 fully saturated rings. The molecule has 5 aromatic rings. The van der Waals surface area contributed by atoms with Crippen molar-refractivity contribution in [2.24, 2.45) is 5.10 Å². The number of ether oxygens (including phenoxy) is 2. The summed E-state index contributed by atoms with van der Waals surface area (Å²) in [5.74, 6) is 0.649. The maximum Gasteiger partial charge on any atom is 0.347 e. The molecule has 0 radical (unpaired) electrons. The highest BCUT2D eigenvalue weighted by atomic mass is 16.6. The van der Waals surface area contributed by atoms with Crippen LogP contribution in [0.15, 0.2) is 94.8 Å². The molecule has 0 unspecified atom stereocenters. The molecule has 8 nitrogen and oxygen atoms in total. The van der Waals surface area contributed by atoms with Crippen LogP contribution in [0.3, 0.4) is 0 Å². The lowest BCUT2D eigenvalue weighted by Gasteiger charge is -2.15. The van der Waals surface area contributed by atoms with Crippen LogP contribution in [0.5, 0.6) is 5.75 Å². The second kappa shape index (κ2) is 11.4. The summed E-state index contributed by atoms with van der Waals surface area (Å²) >= 11 is 0. The van der Waals surface area contributed by atoms with Crippen LogP contribution in [0.2, 0.25) is 0 Å². The van der Waals surface area contributed by atoms with Crippen molar-refractivity contribution >= 4 is 23.1 Å². The monoisotopic (exact) mass is 534 g/mol. The standard InChI is InChI=1S/C32H30N4O4/c1-5-39-32(38)23(4)40-27-17-15-26(16-18-27)35-21(2)19-25(22(35)3)20-33-36-30(24-11-7-6-8-12-24)34-29-14-10-9-13-28(29)31(36)37/h6-20,23H,5H2,1-4H3/t23-/m1/s1. The zero-order chi connectivity index (χ0) is 28.2. The van der Waals surface area contributed by atoms with Gasteiger partial charge in [-0.3, -0.25) is 4.79 Å². The summed E-state index contributed by atoms with van der Waals surface area (Å²) in [5.41, 5.74) is 4.94. The molecule has 2 heterocycles. The second-order valence-electron chi connectivity index (χ2n) is 9.35. The summed E-state index contributed by atoms with van der Waals surface area (Å²) in [7, 11) is 0. The lowest BCUT2D eigenvalue weighted by molar-refractivity contribution is -0.150. The van der Waals surface area contributed by atoms with E-state index in [0.29, 0.717) is 29.1 Å². The highest BCUT2D eigenvalue weighted by Crippen LogP contribution is 2.23. The van der Waals surface area contributed by atoms with Crippen molar-refractivity contribution in [3.63, 3.8) is 0 Å². The van der Waals surface area contributed by atoms with E-state index in [1.165, 1.54) is 4.68 Å². The van der Waals surface area contributed by atoms with Crippen LogP contribution in [0.25, 0.3) is 28.0 Å². The molecule has 202 valence electrons. The molecule has 0 N–H and O–H groups in total. The SMILES string of the molecule is CCOC(=O)[C@@H](C)Oc1ccc(-n2c(C)cc(C=Nn3c(-c4ccccc4)nc4ccccc4c3=O)c2C)cc1. The minimum Gasteiger partial charge on any atom is -0.479 e. The molecular formula is C32H30N4O4. The van der Waals surface area contributed by atoms with Crippen molar-refractivity contribution in [2.45, 2.75) is 33.8 Å². The largest absolute Gasteiger partial charge is 0.479 e. The van der Waals surface area contributed by atoms with Gasteiger partial charge in [-0.05, 0) is 70.2 Å². The van der Waals surface area contributed by atoms with Crippen LogP contribution in [0.1, 0.15) is 30.8 Å². The molecule has 0 aliphatic carbocycles. The topological polar surface area (TPSA) is 87.7 Å². The maximum absolute atomic E-state index is 13.5. The molecule has 3 aromatic carbocycles. The van der Waals surface area contributed by atoms with Gasteiger partial charge in [-0.15, -0.1) is 0 Å². The molecule has 40 heavy (non-hydrogen) atoms. The average Bonchev–Trinajstić information content (AvgIpc) is 3.25. The van der Waals surface area contributed by atoms with Gasteiger partial charge in [0, 0.05) is 28.2 Å². The van der Waals surface area contributed by atoms with Crippen molar-refractivity contribution in [3.8, 4) is 22.8 Å². The van der Waals surface area contributed by atoms with Crippen molar-refractivity contribution in [3.05, 3.63) is 112 Å². The Morgan fingerprint density at radius 1 is 1.00 bits per heavy atom. The van der Waals surface area contributed by atoms with Gasteiger partial charge in [0.15, 0.2) is 11.9 Å². The minimum atomic E-state index is -0.697. The van der Waals surface area contributed by atoms with Gasteiger partial charge in [-0.25, -0.2) is 9.78 Å². The number of hydrogen-bond donors (Lipinski definition) is 0. The number of carbonyl (C=O) groups is 1. The normalized spacial score (nSPS) is 12.1. The summed E-state index contributed by atoms with van der Waals surface area (Å²) in [6.45, 7) is 7.75. The van der Waals surface area contributed by atoms with Crippen LogP contribution in [0, 0.1) is 13.8 Å². The van der Waals surface area contributed by atoms with E-state index in [9.17, 15) is 9.59 Å². The van der Waals surface area contributed by atoms with Gasteiger partial charge >= 0.3 is 5.97 Å². The van der Waals surface area contributed by atoms with Crippen LogP contribution in [-0.4, -0.2) is 39.1 Å². The maximum atomic E-state index is 13.5. The molecule has 0 saturated heterocycles. The number of rotatable bonds is 8. The number of carbonyl (C=O) groups excluding carboxylic acids is 1. The highest BCUT2D eigenvalue weighted by Gasteiger charge is 2.17. The molecule has 8 heteroatoms. The summed E-state index contributed by atoms with van der Waals surface area (Å²) in [6.07, 6.45) is 0.999. The van der Waals surface area contributed by atoms with Gasteiger partial charge in [0.2, 0.25) is 0 Å². The van der Waals surface area contributed by atoms with Gasteiger partial charge in [-0.1, -0.05) is 42.5 Å². The Kier molecular flexibility index (Phi) is 7.59. The van der Waals surface area contributed by atoms with Gasteiger partial charge in [0.1, 0.15) is 5.75 Å². The van der Waals surface area contributed by atoms with E-state index in [0.717, 1.165) is 28.2 Å². The predicted octanol–water partition coefficient (Wildman–Crippen LogP) is 5.68.